The highest BCUT2D eigenvalue weighted by atomic mass is 16.5. The van der Waals surface area contributed by atoms with Crippen molar-refractivity contribution in [2.75, 3.05) is 20.3 Å². The second-order valence-corrected chi connectivity index (χ2v) is 6.78. The topological polar surface area (TPSA) is 72.7 Å². The van der Waals surface area contributed by atoms with Crippen molar-refractivity contribution in [3.63, 3.8) is 0 Å². The van der Waals surface area contributed by atoms with Crippen molar-refractivity contribution >= 4 is 17.0 Å². The summed E-state index contributed by atoms with van der Waals surface area (Å²) in [6, 6.07) is 7.44. The third-order valence-corrected chi connectivity index (χ3v) is 4.65. The van der Waals surface area contributed by atoms with Gasteiger partial charge in [0.25, 0.3) is 0 Å². The van der Waals surface area contributed by atoms with Gasteiger partial charge in [-0.15, -0.1) is 0 Å². The molecular weight excluding hydrogens is 320 g/mol. The number of carbonyl (C=O) groups excluding carboxylic acids is 1. The van der Waals surface area contributed by atoms with Gasteiger partial charge in [0.05, 0.1) is 19.8 Å². The Morgan fingerprint density at radius 3 is 2.96 bits per heavy atom. The van der Waals surface area contributed by atoms with Crippen LogP contribution in [0.4, 0.5) is 4.79 Å². The molecule has 25 heavy (non-hydrogen) atoms. The van der Waals surface area contributed by atoms with Crippen molar-refractivity contribution in [3.05, 3.63) is 30.0 Å². The third kappa shape index (κ3) is 4.07. The summed E-state index contributed by atoms with van der Waals surface area (Å²) in [5.74, 6) is 2.22. The molecule has 136 valence electrons. The second kappa shape index (κ2) is 7.78. The van der Waals surface area contributed by atoms with Crippen molar-refractivity contribution in [2.45, 2.75) is 32.9 Å². The number of nitrogens with one attached hydrogen (secondary N) is 2. The monoisotopic (exact) mass is 346 g/mol. The molecule has 2 atom stereocenters. The van der Waals surface area contributed by atoms with Gasteiger partial charge in [-0.2, -0.15) is 0 Å². The summed E-state index contributed by atoms with van der Waals surface area (Å²) in [4.78, 5) is 12.1. The number of carbonyl (C=O) groups is 1. The molecular formula is C19H26N2O4. The Labute approximate surface area is 147 Å². The minimum absolute atomic E-state index is 0.193. The van der Waals surface area contributed by atoms with Crippen LogP contribution in [0.1, 0.15) is 26.0 Å². The van der Waals surface area contributed by atoms with E-state index in [0.29, 0.717) is 42.0 Å². The smallest absolute Gasteiger partial charge is 0.315 e. The largest absolute Gasteiger partial charge is 0.493 e. The number of fused-ring (bicyclic) bond motifs is 1. The van der Waals surface area contributed by atoms with Crippen LogP contribution in [0, 0.1) is 11.8 Å². The van der Waals surface area contributed by atoms with Gasteiger partial charge in [0.2, 0.25) is 0 Å². The number of urea groups is 1. The van der Waals surface area contributed by atoms with Gasteiger partial charge in [0.1, 0.15) is 5.76 Å². The standard InChI is InChI=1S/C19H26N2O4/c1-12(2)17-14(7-8-24-17)10-20-19(22)21-11-15-9-13-5-4-6-16(23-3)18(13)25-15/h4-6,9,12,14,17H,7-8,10-11H2,1-3H3,(H2,20,21,22)/t14-,17-/m1/s1. The van der Waals surface area contributed by atoms with Crippen LogP contribution in [-0.4, -0.2) is 32.4 Å². The highest BCUT2D eigenvalue weighted by Gasteiger charge is 2.30. The maximum Gasteiger partial charge on any atom is 0.315 e. The lowest BCUT2D eigenvalue weighted by Crippen LogP contribution is -2.40. The van der Waals surface area contributed by atoms with Crippen LogP contribution >= 0.6 is 0 Å². The van der Waals surface area contributed by atoms with Crippen LogP contribution in [0.15, 0.2) is 28.7 Å². The predicted octanol–water partition coefficient (Wildman–Crippen LogP) is 3.30. The van der Waals surface area contributed by atoms with Crippen molar-refractivity contribution < 1.29 is 18.7 Å². The molecule has 3 rings (SSSR count). The predicted molar refractivity (Wildman–Crippen MR) is 95.7 cm³/mol. The van der Waals surface area contributed by atoms with Gasteiger partial charge >= 0.3 is 6.03 Å². The minimum Gasteiger partial charge on any atom is -0.493 e. The molecule has 0 aliphatic carbocycles. The number of benzene rings is 1. The first-order valence-electron chi connectivity index (χ1n) is 8.77. The Balaban J connectivity index is 1.51. The highest BCUT2D eigenvalue weighted by molar-refractivity contribution is 5.83. The maximum atomic E-state index is 12.1. The maximum absolute atomic E-state index is 12.1. The number of amides is 2. The van der Waals surface area contributed by atoms with E-state index in [1.54, 1.807) is 7.11 Å². The van der Waals surface area contributed by atoms with Crippen molar-refractivity contribution in [2.24, 2.45) is 11.8 Å². The van der Waals surface area contributed by atoms with E-state index in [0.717, 1.165) is 18.4 Å². The fourth-order valence-electron chi connectivity index (χ4n) is 3.40. The molecule has 6 nitrogen and oxygen atoms in total. The molecule has 0 saturated carbocycles. The van der Waals surface area contributed by atoms with Crippen LogP contribution in [-0.2, 0) is 11.3 Å². The molecule has 1 fully saturated rings. The summed E-state index contributed by atoms with van der Waals surface area (Å²) in [6.07, 6.45) is 1.22. The van der Waals surface area contributed by atoms with Crippen molar-refractivity contribution in [3.8, 4) is 5.75 Å². The summed E-state index contributed by atoms with van der Waals surface area (Å²) in [5, 5.41) is 6.74. The zero-order valence-corrected chi connectivity index (χ0v) is 15.0. The molecule has 1 aliphatic heterocycles. The number of methoxy groups -OCH3 is 1. The molecule has 1 aromatic carbocycles. The lowest BCUT2D eigenvalue weighted by Gasteiger charge is -2.22. The van der Waals surface area contributed by atoms with Gasteiger partial charge in [-0.05, 0) is 24.5 Å². The molecule has 0 spiro atoms. The first kappa shape index (κ1) is 17.6. The van der Waals surface area contributed by atoms with Gasteiger partial charge in [-0.3, -0.25) is 0 Å². The summed E-state index contributed by atoms with van der Waals surface area (Å²) < 4.78 is 16.8. The average Bonchev–Trinajstić information content (AvgIpc) is 3.23. The van der Waals surface area contributed by atoms with Crippen LogP contribution in [0.25, 0.3) is 11.0 Å². The van der Waals surface area contributed by atoms with E-state index in [9.17, 15) is 4.79 Å². The molecule has 1 aliphatic rings. The van der Waals surface area contributed by atoms with Gasteiger partial charge in [0, 0.05) is 24.5 Å². The summed E-state index contributed by atoms with van der Waals surface area (Å²) >= 11 is 0. The Hall–Kier alpha value is -2.21. The molecule has 2 amide bonds. The van der Waals surface area contributed by atoms with Crippen LogP contribution in [0.5, 0.6) is 5.75 Å². The SMILES string of the molecule is COc1cccc2cc(CNC(=O)NC[C@H]3CCO[C@@H]3C(C)C)oc12. The molecule has 0 unspecified atom stereocenters. The number of hydrogen-bond acceptors (Lipinski definition) is 4. The summed E-state index contributed by atoms with van der Waals surface area (Å²) in [7, 11) is 1.61. The van der Waals surface area contributed by atoms with Gasteiger partial charge < -0.3 is 24.5 Å². The Kier molecular flexibility index (Phi) is 5.48. The van der Waals surface area contributed by atoms with Gasteiger partial charge in [-0.25, -0.2) is 4.79 Å². The lowest BCUT2D eigenvalue weighted by atomic mass is 9.93. The Morgan fingerprint density at radius 2 is 2.20 bits per heavy atom. The van der Waals surface area contributed by atoms with E-state index >= 15 is 0 Å². The van der Waals surface area contributed by atoms with Crippen LogP contribution in [0.2, 0.25) is 0 Å². The van der Waals surface area contributed by atoms with Gasteiger partial charge in [0.15, 0.2) is 11.3 Å². The second-order valence-electron chi connectivity index (χ2n) is 6.78. The van der Waals surface area contributed by atoms with E-state index in [2.05, 4.69) is 24.5 Å². The highest BCUT2D eigenvalue weighted by Crippen LogP contribution is 2.28. The van der Waals surface area contributed by atoms with Crippen molar-refractivity contribution in [1.82, 2.24) is 10.6 Å². The van der Waals surface area contributed by atoms with Crippen molar-refractivity contribution in [1.29, 1.82) is 0 Å². The number of hydrogen-bond donors (Lipinski definition) is 2. The van der Waals surface area contributed by atoms with Crippen LogP contribution < -0.4 is 15.4 Å². The van der Waals surface area contributed by atoms with E-state index in [1.165, 1.54) is 0 Å². The van der Waals surface area contributed by atoms with Gasteiger partial charge in [-0.1, -0.05) is 26.0 Å². The summed E-state index contributed by atoms with van der Waals surface area (Å²) in [5.41, 5.74) is 0.699. The Morgan fingerprint density at radius 1 is 1.36 bits per heavy atom. The Bertz CT molecular complexity index is 725. The first-order valence-corrected chi connectivity index (χ1v) is 8.77. The molecule has 0 bridgehead atoms. The zero-order chi connectivity index (χ0) is 17.8. The number of rotatable bonds is 6. The molecule has 2 N–H and O–H groups in total. The van der Waals surface area contributed by atoms with E-state index in [1.807, 2.05) is 24.3 Å². The molecule has 2 heterocycles. The third-order valence-electron chi connectivity index (χ3n) is 4.65. The molecule has 1 aromatic heterocycles. The lowest BCUT2D eigenvalue weighted by molar-refractivity contribution is 0.0545. The van der Waals surface area contributed by atoms with Crippen LogP contribution in [0.3, 0.4) is 0 Å². The molecule has 0 radical (unpaired) electrons. The van der Waals surface area contributed by atoms with E-state index < -0.39 is 0 Å². The average molecular weight is 346 g/mol. The summed E-state index contributed by atoms with van der Waals surface area (Å²) in [6.45, 7) is 6.04. The minimum atomic E-state index is -0.193. The normalized spacial score (nSPS) is 20.2. The quantitative estimate of drug-likeness (QED) is 0.842. The molecule has 6 heteroatoms. The van der Waals surface area contributed by atoms with E-state index in [-0.39, 0.29) is 12.1 Å². The zero-order valence-electron chi connectivity index (χ0n) is 15.0. The number of para-hydroxylation sites is 1. The van der Waals surface area contributed by atoms with E-state index in [4.69, 9.17) is 13.9 Å². The fraction of sp³-hybridized carbons (Fsp3) is 0.526. The fourth-order valence-corrected chi connectivity index (χ4v) is 3.40. The number of ether oxygens (including phenoxy) is 2. The molecule has 2 aromatic rings. The molecule has 1 saturated heterocycles. The first-order chi connectivity index (χ1) is 12.1. The number of furan rings is 1.